The van der Waals surface area contributed by atoms with Crippen LogP contribution in [0.2, 0.25) is 0 Å². The lowest BCUT2D eigenvalue weighted by atomic mass is 10.1. The normalized spacial score (nSPS) is 10.5. The molecule has 1 aromatic carbocycles. The summed E-state index contributed by atoms with van der Waals surface area (Å²) in [5, 5.41) is 0. The van der Waals surface area contributed by atoms with Crippen LogP contribution < -0.4 is 5.73 Å². The maximum atomic E-state index is 5.53. The molecule has 3 heteroatoms. The van der Waals surface area contributed by atoms with Crippen molar-refractivity contribution in [2.45, 2.75) is 19.9 Å². The number of benzene rings is 1. The van der Waals surface area contributed by atoms with Crippen molar-refractivity contribution < 1.29 is 4.42 Å². The highest BCUT2D eigenvalue weighted by Crippen LogP contribution is 2.14. The maximum Gasteiger partial charge on any atom is 0.208 e. The van der Waals surface area contributed by atoms with Crippen molar-refractivity contribution in [3.63, 3.8) is 0 Å². The van der Waals surface area contributed by atoms with E-state index in [9.17, 15) is 0 Å². The van der Waals surface area contributed by atoms with E-state index in [4.69, 9.17) is 10.2 Å². The molecule has 0 bridgehead atoms. The summed E-state index contributed by atoms with van der Waals surface area (Å²) >= 11 is 0. The molecule has 2 rings (SSSR count). The Labute approximate surface area is 88.9 Å². The monoisotopic (exact) mass is 202 g/mol. The van der Waals surface area contributed by atoms with Crippen molar-refractivity contribution in [3.8, 4) is 0 Å². The van der Waals surface area contributed by atoms with Crippen molar-refractivity contribution in [2.24, 2.45) is 5.73 Å². The molecule has 1 heterocycles. The first-order valence-corrected chi connectivity index (χ1v) is 4.99. The second-order valence-corrected chi connectivity index (χ2v) is 3.48. The minimum absolute atomic E-state index is 0.357. The minimum Gasteiger partial charge on any atom is -0.444 e. The Morgan fingerprint density at radius 3 is 2.60 bits per heavy atom. The molecule has 0 spiro atoms. The third-order valence-electron chi connectivity index (χ3n) is 2.32. The van der Waals surface area contributed by atoms with Crippen LogP contribution in [0.1, 0.15) is 22.9 Å². The van der Waals surface area contributed by atoms with Crippen molar-refractivity contribution >= 4 is 0 Å². The molecular formula is C12H14N2O. The molecule has 1 aromatic heterocycles. The van der Waals surface area contributed by atoms with Crippen LogP contribution in [-0.2, 0) is 13.0 Å². The Morgan fingerprint density at radius 2 is 2.00 bits per heavy atom. The van der Waals surface area contributed by atoms with Crippen molar-refractivity contribution in [2.75, 3.05) is 0 Å². The molecule has 3 nitrogen and oxygen atoms in total. The predicted molar refractivity (Wildman–Crippen MR) is 58.4 cm³/mol. The van der Waals surface area contributed by atoms with Gasteiger partial charge in [-0.05, 0) is 12.5 Å². The standard InChI is InChI=1S/C12H14N2O/c1-9-11(15-12(8-13)14-9)7-10-5-3-2-4-6-10/h2-6H,7-8,13H2,1H3. The first kappa shape index (κ1) is 9.93. The Hall–Kier alpha value is -1.61. The number of aromatic nitrogens is 1. The zero-order valence-electron chi connectivity index (χ0n) is 8.73. The number of rotatable bonds is 3. The van der Waals surface area contributed by atoms with Gasteiger partial charge in [0.25, 0.3) is 0 Å². The molecule has 0 aliphatic heterocycles. The molecule has 0 aliphatic carbocycles. The first-order chi connectivity index (χ1) is 7.29. The zero-order valence-corrected chi connectivity index (χ0v) is 8.73. The molecule has 0 saturated carbocycles. The summed E-state index contributed by atoms with van der Waals surface area (Å²) in [6.07, 6.45) is 0.777. The number of nitrogens with two attached hydrogens (primary N) is 1. The molecular weight excluding hydrogens is 188 g/mol. The van der Waals surface area contributed by atoms with E-state index in [0.717, 1.165) is 17.9 Å². The van der Waals surface area contributed by atoms with E-state index in [2.05, 4.69) is 17.1 Å². The van der Waals surface area contributed by atoms with E-state index in [1.165, 1.54) is 5.56 Å². The fraction of sp³-hybridized carbons (Fsp3) is 0.250. The quantitative estimate of drug-likeness (QED) is 0.828. The number of hydrogen-bond donors (Lipinski definition) is 1. The lowest BCUT2D eigenvalue weighted by molar-refractivity contribution is 0.463. The van der Waals surface area contributed by atoms with Crippen molar-refractivity contribution in [1.29, 1.82) is 0 Å². The van der Waals surface area contributed by atoms with Gasteiger partial charge in [-0.15, -0.1) is 0 Å². The second-order valence-electron chi connectivity index (χ2n) is 3.48. The summed E-state index contributed by atoms with van der Waals surface area (Å²) < 4.78 is 5.53. The van der Waals surface area contributed by atoms with Crippen molar-refractivity contribution in [1.82, 2.24) is 4.98 Å². The molecule has 0 saturated heterocycles. The van der Waals surface area contributed by atoms with Gasteiger partial charge in [-0.3, -0.25) is 0 Å². The molecule has 0 radical (unpaired) electrons. The van der Waals surface area contributed by atoms with Crippen LogP contribution in [0.5, 0.6) is 0 Å². The highest BCUT2D eigenvalue weighted by atomic mass is 16.4. The average Bonchev–Trinajstić information content (AvgIpc) is 2.61. The Morgan fingerprint density at radius 1 is 1.27 bits per heavy atom. The fourth-order valence-corrected chi connectivity index (χ4v) is 1.52. The van der Waals surface area contributed by atoms with Gasteiger partial charge in [0.1, 0.15) is 5.76 Å². The second kappa shape index (κ2) is 4.28. The molecule has 2 aromatic rings. The van der Waals surface area contributed by atoms with E-state index >= 15 is 0 Å². The van der Waals surface area contributed by atoms with Crippen LogP contribution in [0, 0.1) is 6.92 Å². The third kappa shape index (κ3) is 2.25. The van der Waals surface area contributed by atoms with E-state index in [1.54, 1.807) is 0 Å². The topological polar surface area (TPSA) is 52.0 Å². The van der Waals surface area contributed by atoms with Crippen LogP contribution in [-0.4, -0.2) is 4.98 Å². The molecule has 0 atom stereocenters. The molecule has 78 valence electrons. The van der Waals surface area contributed by atoms with Crippen LogP contribution in [0.25, 0.3) is 0 Å². The van der Waals surface area contributed by atoms with Gasteiger partial charge >= 0.3 is 0 Å². The predicted octanol–water partition coefficient (Wildman–Crippen LogP) is 2.03. The lowest BCUT2D eigenvalue weighted by Crippen LogP contribution is -1.95. The van der Waals surface area contributed by atoms with Crippen LogP contribution in [0.4, 0.5) is 0 Å². The smallest absolute Gasteiger partial charge is 0.208 e. The lowest BCUT2D eigenvalue weighted by Gasteiger charge is -1.97. The largest absolute Gasteiger partial charge is 0.444 e. The molecule has 0 aliphatic rings. The van der Waals surface area contributed by atoms with Crippen LogP contribution in [0.15, 0.2) is 34.7 Å². The summed E-state index contributed by atoms with van der Waals surface area (Å²) in [6.45, 7) is 2.30. The molecule has 2 N–H and O–H groups in total. The Kier molecular flexibility index (Phi) is 2.83. The summed E-state index contributed by atoms with van der Waals surface area (Å²) in [6, 6.07) is 10.2. The average molecular weight is 202 g/mol. The van der Waals surface area contributed by atoms with E-state index in [1.807, 2.05) is 25.1 Å². The third-order valence-corrected chi connectivity index (χ3v) is 2.32. The minimum atomic E-state index is 0.357. The maximum absolute atomic E-state index is 5.53. The first-order valence-electron chi connectivity index (χ1n) is 4.99. The Balaban J connectivity index is 2.21. The molecule has 0 fully saturated rings. The van der Waals surface area contributed by atoms with Gasteiger partial charge in [-0.2, -0.15) is 0 Å². The molecule has 0 amide bonds. The van der Waals surface area contributed by atoms with E-state index in [-0.39, 0.29) is 0 Å². The van der Waals surface area contributed by atoms with Gasteiger partial charge in [0.2, 0.25) is 5.89 Å². The van der Waals surface area contributed by atoms with Gasteiger partial charge in [0.05, 0.1) is 12.2 Å². The van der Waals surface area contributed by atoms with Gasteiger partial charge in [0.15, 0.2) is 0 Å². The van der Waals surface area contributed by atoms with Crippen LogP contribution in [0.3, 0.4) is 0 Å². The zero-order chi connectivity index (χ0) is 10.7. The summed E-state index contributed by atoms with van der Waals surface area (Å²) in [5.74, 6) is 1.51. The summed E-state index contributed by atoms with van der Waals surface area (Å²) in [7, 11) is 0. The number of oxazole rings is 1. The van der Waals surface area contributed by atoms with Crippen molar-refractivity contribution in [3.05, 3.63) is 53.2 Å². The number of nitrogens with zero attached hydrogens (tertiary/aromatic N) is 1. The fourth-order valence-electron chi connectivity index (χ4n) is 1.52. The van der Waals surface area contributed by atoms with Gasteiger partial charge in [-0.1, -0.05) is 30.3 Å². The van der Waals surface area contributed by atoms with Gasteiger partial charge in [0, 0.05) is 6.42 Å². The SMILES string of the molecule is Cc1nc(CN)oc1Cc1ccccc1. The number of hydrogen-bond acceptors (Lipinski definition) is 3. The van der Waals surface area contributed by atoms with E-state index in [0.29, 0.717) is 12.4 Å². The van der Waals surface area contributed by atoms with Gasteiger partial charge < -0.3 is 10.2 Å². The molecule has 15 heavy (non-hydrogen) atoms. The summed E-state index contributed by atoms with van der Waals surface area (Å²) in [5.41, 5.74) is 7.62. The van der Waals surface area contributed by atoms with Crippen LogP contribution >= 0.6 is 0 Å². The van der Waals surface area contributed by atoms with E-state index < -0.39 is 0 Å². The highest BCUT2D eigenvalue weighted by molar-refractivity contribution is 5.22. The Bertz CT molecular complexity index is 434. The number of aryl methyl sites for hydroxylation is 1. The highest BCUT2D eigenvalue weighted by Gasteiger charge is 2.08. The summed E-state index contributed by atoms with van der Waals surface area (Å²) in [4.78, 5) is 4.23. The molecule has 0 unspecified atom stereocenters. The van der Waals surface area contributed by atoms with Gasteiger partial charge in [-0.25, -0.2) is 4.98 Å².